The summed E-state index contributed by atoms with van der Waals surface area (Å²) in [5, 5.41) is 4.51. The van der Waals surface area contributed by atoms with E-state index in [1.54, 1.807) is 12.1 Å². The van der Waals surface area contributed by atoms with E-state index in [0.717, 1.165) is 5.56 Å². The van der Waals surface area contributed by atoms with Gasteiger partial charge in [0.05, 0.1) is 0 Å². The SMILES string of the molecule is O=c1[nH]c2nc(-c3ccc(Cl)cc3)[nH]c2c2ncnn12. The van der Waals surface area contributed by atoms with E-state index < -0.39 is 0 Å². The molecule has 3 aromatic heterocycles. The number of aromatic nitrogens is 6. The van der Waals surface area contributed by atoms with Crippen LogP contribution in [0.1, 0.15) is 0 Å². The van der Waals surface area contributed by atoms with Gasteiger partial charge in [0, 0.05) is 10.6 Å². The van der Waals surface area contributed by atoms with Crippen LogP contribution in [0.5, 0.6) is 0 Å². The predicted molar refractivity (Wildman–Crippen MR) is 73.7 cm³/mol. The molecule has 4 aromatic rings. The van der Waals surface area contributed by atoms with E-state index in [-0.39, 0.29) is 5.69 Å². The molecule has 0 saturated carbocycles. The number of hydrogen-bond donors (Lipinski definition) is 2. The first-order valence-electron chi connectivity index (χ1n) is 5.80. The molecule has 0 aliphatic heterocycles. The first kappa shape index (κ1) is 11.2. The Balaban J connectivity index is 2.03. The molecular formula is C12H7ClN6O. The molecule has 0 unspecified atom stereocenters. The summed E-state index contributed by atoms with van der Waals surface area (Å²) >= 11 is 5.86. The maximum atomic E-state index is 11.8. The summed E-state index contributed by atoms with van der Waals surface area (Å²) in [6.45, 7) is 0. The van der Waals surface area contributed by atoms with Gasteiger partial charge in [-0.05, 0) is 24.3 Å². The molecule has 20 heavy (non-hydrogen) atoms. The van der Waals surface area contributed by atoms with Crippen molar-refractivity contribution in [2.24, 2.45) is 0 Å². The average Bonchev–Trinajstić information content (AvgIpc) is 3.05. The highest BCUT2D eigenvalue weighted by Gasteiger charge is 2.12. The van der Waals surface area contributed by atoms with Gasteiger partial charge in [0.25, 0.3) is 0 Å². The van der Waals surface area contributed by atoms with Crippen LogP contribution in [0.25, 0.3) is 28.2 Å². The minimum absolute atomic E-state index is 0.376. The predicted octanol–water partition coefficient (Wildman–Crippen LogP) is 1.61. The van der Waals surface area contributed by atoms with Gasteiger partial charge < -0.3 is 4.98 Å². The first-order valence-corrected chi connectivity index (χ1v) is 6.18. The summed E-state index contributed by atoms with van der Waals surface area (Å²) in [5.74, 6) is 0.628. The van der Waals surface area contributed by atoms with Gasteiger partial charge in [-0.25, -0.2) is 14.8 Å². The molecule has 2 N–H and O–H groups in total. The van der Waals surface area contributed by atoms with Gasteiger partial charge in [-0.1, -0.05) is 11.6 Å². The second-order valence-corrected chi connectivity index (χ2v) is 4.68. The maximum absolute atomic E-state index is 11.8. The number of H-pyrrole nitrogens is 2. The van der Waals surface area contributed by atoms with E-state index in [4.69, 9.17) is 11.6 Å². The zero-order valence-electron chi connectivity index (χ0n) is 9.96. The third-order valence-electron chi connectivity index (χ3n) is 3.01. The second kappa shape index (κ2) is 3.91. The Bertz CT molecular complexity index is 981. The van der Waals surface area contributed by atoms with E-state index >= 15 is 0 Å². The smallest absolute Gasteiger partial charge is 0.334 e. The van der Waals surface area contributed by atoms with Crippen LogP contribution in [0.2, 0.25) is 5.02 Å². The number of rotatable bonds is 1. The highest BCUT2D eigenvalue weighted by atomic mass is 35.5. The van der Waals surface area contributed by atoms with Crippen molar-refractivity contribution in [3.05, 3.63) is 46.1 Å². The number of nitrogens with zero attached hydrogens (tertiary/aromatic N) is 4. The molecule has 4 rings (SSSR count). The fourth-order valence-electron chi connectivity index (χ4n) is 2.08. The van der Waals surface area contributed by atoms with Crippen LogP contribution in [-0.4, -0.2) is 29.5 Å². The summed E-state index contributed by atoms with van der Waals surface area (Å²) in [4.78, 5) is 26.0. The molecule has 0 amide bonds. The molecule has 1 aromatic carbocycles. The highest BCUT2D eigenvalue weighted by molar-refractivity contribution is 6.30. The molecule has 0 aliphatic rings. The van der Waals surface area contributed by atoms with Gasteiger partial charge in [-0.15, -0.1) is 0 Å². The molecule has 0 fully saturated rings. The number of hydrogen-bond acceptors (Lipinski definition) is 4. The molecule has 3 heterocycles. The van der Waals surface area contributed by atoms with Gasteiger partial charge >= 0.3 is 5.69 Å². The number of benzene rings is 1. The molecule has 0 spiro atoms. The molecule has 98 valence electrons. The molecule has 0 bridgehead atoms. The minimum Gasteiger partial charge on any atom is -0.334 e. The van der Waals surface area contributed by atoms with Crippen molar-refractivity contribution in [3.8, 4) is 11.4 Å². The van der Waals surface area contributed by atoms with Crippen LogP contribution in [0.4, 0.5) is 0 Å². The maximum Gasteiger partial charge on any atom is 0.349 e. The van der Waals surface area contributed by atoms with Crippen molar-refractivity contribution in [1.29, 1.82) is 0 Å². The summed E-state index contributed by atoms with van der Waals surface area (Å²) < 4.78 is 1.19. The lowest BCUT2D eigenvalue weighted by molar-refractivity contribution is 0.879. The van der Waals surface area contributed by atoms with E-state index in [9.17, 15) is 4.79 Å². The second-order valence-electron chi connectivity index (χ2n) is 4.24. The lowest BCUT2D eigenvalue weighted by Gasteiger charge is -1.95. The fraction of sp³-hybridized carbons (Fsp3) is 0. The molecule has 0 saturated heterocycles. The van der Waals surface area contributed by atoms with Gasteiger partial charge in [0.2, 0.25) is 0 Å². The van der Waals surface area contributed by atoms with Crippen molar-refractivity contribution < 1.29 is 0 Å². The van der Waals surface area contributed by atoms with Crippen molar-refractivity contribution in [2.75, 3.05) is 0 Å². The van der Waals surface area contributed by atoms with Gasteiger partial charge in [0.15, 0.2) is 11.3 Å². The zero-order valence-corrected chi connectivity index (χ0v) is 10.7. The van der Waals surface area contributed by atoms with E-state index in [0.29, 0.717) is 27.7 Å². The molecule has 7 nitrogen and oxygen atoms in total. The van der Waals surface area contributed by atoms with Gasteiger partial charge in [-0.3, -0.25) is 4.98 Å². The van der Waals surface area contributed by atoms with E-state index in [1.807, 2.05) is 12.1 Å². The Morgan fingerprint density at radius 2 is 1.95 bits per heavy atom. The topological polar surface area (TPSA) is 91.7 Å². The zero-order chi connectivity index (χ0) is 13.7. The normalized spacial score (nSPS) is 11.4. The van der Waals surface area contributed by atoms with Crippen molar-refractivity contribution in [3.63, 3.8) is 0 Å². The molecule has 0 aliphatic carbocycles. The summed E-state index contributed by atoms with van der Waals surface area (Å²) in [6, 6.07) is 7.25. The molecule has 0 atom stereocenters. The van der Waals surface area contributed by atoms with Crippen molar-refractivity contribution in [1.82, 2.24) is 29.5 Å². The van der Waals surface area contributed by atoms with E-state index in [2.05, 4.69) is 25.0 Å². The average molecular weight is 287 g/mol. The third-order valence-corrected chi connectivity index (χ3v) is 3.26. The van der Waals surface area contributed by atoms with Gasteiger partial charge in [-0.2, -0.15) is 9.61 Å². The molecule has 0 radical (unpaired) electrons. The number of aromatic amines is 2. The third kappa shape index (κ3) is 1.53. The van der Waals surface area contributed by atoms with Crippen LogP contribution in [0, 0.1) is 0 Å². The molecule has 8 heteroatoms. The van der Waals surface area contributed by atoms with Crippen LogP contribution < -0.4 is 5.69 Å². The monoisotopic (exact) mass is 286 g/mol. The Morgan fingerprint density at radius 3 is 2.75 bits per heavy atom. The summed E-state index contributed by atoms with van der Waals surface area (Å²) in [5.41, 5.74) is 2.01. The van der Waals surface area contributed by atoms with Gasteiger partial charge in [0.1, 0.15) is 17.7 Å². The lowest BCUT2D eigenvalue weighted by Crippen LogP contribution is -2.17. The van der Waals surface area contributed by atoms with E-state index in [1.165, 1.54) is 10.8 Å². The minimum atomic E-state index is -0.376. The summed E-state index contributed by atoms with van der Waals surface area (Å²) in [7, 11) is 0. The van der Waals surface area contributed by atoms with Crippen LogP contribution >= 0.6 is 11.6 Å². The number of halogens is 1. The Hall–Kier alpha value is -2.67. The number of fused-ring (bicyclic) bond motifs is 3. The fourth-order valence-corrected chi connectivity index (χ4v) is 2.21. The number of imidazole rings is 1. The Morgan fingerprint density at radius 1 is 1.15 bits per heavy atom. The summed E-state index contributed by atoms with van der Waals surface area (Å²) in [6.07, 6.45) is 1.33. The van der Waals surface area contributed by atoms with Crippen LogP contribution in [0.15, 0.2) is 35.4 Å². The lowest BCUT2D eigenvalue weighted by atomic mass is 10.2. The van der Waals surface area contributed by atoms with Crippen LogP contribution in [-0.2, 0) is 0 Å². The Labute approximate surface area is 116 Å². The van der Waals surface area contributed by atoms with Crippen molar-refractivity contribution >= 4 is 28.4 Å². The van der Waals surface area contributed by atoms with Crippen LogP contribution in [0.3, 0.4) is 0 Å². The van der Waals surface area contributed by atoms with Crippen molar-refractivity contribution in [2.45, 2.75) is 0 Å². The standard InChI is InChI=1S/C12H7ClN6O/c13-7-3-1-6(2-4-7)9-16-8-10(17-9)18-12(20)19-11(8)14-5-15-19/h1-5H,(H,16,17)(H,18,20). The number of nitrogens with one attached hydrogen (secondary N) is 2. The first-order chi connectivity index (χ1) is 9.72. The Kier molecular flexibility index (Phi) is 2.19. The largest absolute Gasteiger partial charge is 0.349 e. The quantitative estimate of drug-likeness (QED) is 0.556. The highest BCUT2D eigenvalue weighted by Crippen LogP contribution is 2.21. The molecular weight excluding hydrogens is 280 g/mol.